The van der Waals surface area contributed by atoms with Crippen LogP contribution in [0.5, 0.6) is 0 Å². The summed E-state index contributed by atoms with van der Waals surface area (Å²) in [6.45, 7) is 1.43. The van der Waals surface area contributed by atoms with Gasteiger partial charge in [0.1, 0.15) is 0 Å². The Labute approximate surface area is 147 Å². The molecule has 1 aliphatic rings. The van der Waals surface area contributed by atoms with Crippen molar-refractivity contribution in [3.05, 3.63) is 59.7 Å². The third-order valence-electron chi connectivity index (χ3n) is 4.61. The minimum atomic E-state index is -0.878. The zero-order valence-electron chi connectivity index (χ0n) is 13.4. The SMILES string of the molecule is O=C(c1ccccc1)C1CCN(c2nc3cc(F)c(F)cc3s2)CC1. The van der Waals surface area contributed by atoms with Gasteiger partial charge in [0.2, 0.25) is 0 Å². The Morgan fingerprint density at radius 2 is 1.76 bits per heavy atom. The molecule has 1 fully saturated rings. The number of fused-ring (bicyclic) bond motifs is 1. The molecule has 3 aromatic rings. The summed E-state index contributed by atoms with van der Waals surface area (Å²) in [4.78, 5) is 19.1. The van der Waals surface area contributed by atoms with Gasteiger partial charge >= 0.3 is 0 Å². The second-order valence-corrected chi connectivity index (χ2v) is 7.23. The molecule has 0 unspecified atom stereocenters. The van der Waals surface area contributed by atoms with Crippen LogP contribution in [0, 0.1) is 17.6 Å². The van der Waals surface area contributed by atoms with E-state index in [1.165, 1.54) is 17.4 Å². The number of ketones is 1. The zero-order chi connectivity index (χ0) is 17.4. The van der Waals surface area contributed by atoms with Gasteiger partial charge in [0, 0.05) is 30.6 Å². The van der Waals surface area contributed by atoms with Crippen LogP contribution in [0.2, 0.25) is 0 Å². The van der Waals surface area contributed by atoms with Gasteiger partial charge in [0.05, 0.1) is 10.2 Å². The number of piperidine rings is 1. The van der Waals surface area contributed by atoms with E-state index in [0.717, 1.165) is 29.6 Å². The van der Waals surface area contributed by atoms with E-state index in [9.17, 15) is 13.6 Å². The van der Waals surface area contributed by atoms with Crippen molar-refractivity contribution in [2.24, 2.45) is 5.92 Å². The zero-order valence-corrected chi connectivity index (χ0v) is 14.2. The molecule has 0 saturated carbocycles. The number of benzene rings is 2. The van der Waals surface area contributed by atoms with Crippen LogP contribution in [0.15, 0.2) is 42.5 Å². The van der Waals surface area contributed by atoms with E-state index in [0.29, 0.717) is 23.3 Å². The number of thiazole rings is 1. The van der Waals surface area contributed by atoms with Crippen LogP contribution in [-0.4, -0.2) is 23.9 Å². The van der Waals surface area contributed by atoms with Gasteiger partial charge in [-0.15, -0.1) is 0 Å². The summed E-state index contributed by atoms with van der Waals surface area (Å²) in [7, 11) is 0. The summed E-state index contributed by atoms with van der Waals surface area (Å²) in [5.41, 5.74) is 1.23. The minimum absolute atomic E-state index is 0.0166. The third kappa shape index (κ3) is 3.14. The van der Waals surface area contributed by atoms with Crippen molar-refractivity contribution in [2.75, 3.05) is 18.0 Å². The summed E-state index contributed by atoms with van der Waals surface area (Å²) in [5, 5.41) is 0.755. The average molecular weight is 358 g/mol. The number of hydrogen-bond donors (Lipinski definition) is 0. The van der Waals surface area contributed by atoms with Crippen molar-refractivity contribution in [3.63, 3.8) is 0 Å². The largest absolute Gasteiger partial charge is 0.348 e. The Bertz CT molecular complexity index is 879. The normalized spacial score (nSPS) is 15.7. The molecule has 0 radical (unpaired) electrons. The van der Waals surface area contributed by atoms with Crippen molar-refractivity contribution < 1.29 is 13.6 Å². The average Bonchev–Trinajstić information content (AvgIpc) is 3.05. The highest BCUT2D eigenvalue weighted by molar-refractivity contribution is 7.22. The quantitative estimate of drug-likeness (QED) is 0.638. The van der Waals surface area contributed by atoms with Crippen LogP contribution in [0.25, 0.3) is 10.2 Å². The topological polar surface area (TPSA) is 33.2 Å². The van der Waals surface area contributed by atoms with Gasteiger partial charge < -0.3 is 4.90 Å². The second kappa shape index (κ2) is 6.52. The van der Waals surface area contributed by atoms with E-state index < -0.39 is 11.6 Å². The van der Waals surface area contributed by atoms with E-state index in [-0.39, 0.29) is 11.7 Å². The van der Waals surface area contributed by atoms with Crippen molar-refractivity contribution in [2.45, 2.75) is 12.8 Å². The number of aromatic nitrogens is 1. The van der Waals surface area contributed by atoms with Gasteiger partial charge in [-0.1, -0.05) is 41.7 Å². The second-order valence-electron chi connectivity index (χ2n) is 6.22. The summed E-state index contributed by atoms with van der Waals surface area (Å²) >= 11 is 1.36. The van der Waals surface area contributed by atoms with Crippen LogP contribution in [0.3, 0.4) is 0 Å². The predicted molar refractivity (Wildman–Crippen MR) is 95.2 cm³/mol. The van der Waals surface area contributed by atoms with E-state index in [2.05, 4.69) is 9.88 Å². The maximum Gasteiger partial charge on any atom is 0.186 e. The van der Waals surface area contributed by atoms with Crippen LogP contribution in [0.1, 0.15) is 23.2 Å². The number of Topliss-reactive ketones (excluding diaryl/α,β-unsaturated/α-hetero) is 1. The maximum absolute atomic E-state index is 13.4. The van der Waals surface area contributed by atoms with Gasteiger partial charge in [-0.05, 0) is 18.9 Å². The Kier molecular flexibility index (Phi) is 4.21. The molecule has 0 atom stereocenters. The molecule has 3 nitrogen and oxygen atoms in total. The number of carbonyl (C=O) groups is 1. The number of carbonyl (C=O) groups excluding carboxylic acids is 1. The lowest BCUT2D eigenvalue weighted by atomic mass is 9.89. The van der Waals surface area contributed by atoms with Crippen LogP contribution >= 0.6 is 11.3 Å². The first-order valence-corrected chi connectivity index (χ1v) is 9.03. The third-order valence-corrected chi connectivity index (χ3v) is 5.69. The maximum atomic E-state index is 13.4. The molecule has 128 valence electrons. The fraction of sp³-hybridized carbons (Fsp3) is 0.263. The van der Waals surface area contributed by atoms with Crippen molar-refractivity contribution >= 4 is 32.5 Å². The van der Waals surface area contributed by atoms with Crippen molar-refractivity contribution in [3.8, 4) is 0 Å². The smallest absolute Gasteiger partial charge is 0.186 e. The summed E-state index contributed by atoms with van der Waals surface area (Å²) in [6.07, 6.45) is 1.51. The molecule has 25 heavy (non-hydrogen) atoms. The molecule has 0 aliphatic carbocycles. The van der Waals surface area contributed by atoms with Crippen LogP contribution in [0.4, 0.5) is 13.9 Å². The van der Waals surface area contributed by atoms with Gasteiger partial charge in [-0.25, -0.2) is 13.8 Å². The van der Waals surface area contributed by atoms with E-state index >= 15 is 0 Å². The molecule has 2 aromatic carbocycles. The molecule has 1 aromatic heterocycles. The van der Waals surface area contributed by atoms with E-state index in [1.807, 2.05) is 30.3 Å². The lowest BCUT2D eigenvalue weighted by Gasteiger charge is -2.31. The minimum Gasteiger partial charge on any atom is -0.348 e. The van der Waals surface area contributed by atoms with Crippen LogP contribution in [-0.2, 0) is 0 Å². The predicted octanol–water partition coefficient (Wildman–Crippen LogP) is 4.67. The van der Waals surface area contributed by atoms with E-state index in [4.69, 9.17) is 0 Å². The number of rotatable bonds is 3. The molecule has 1 saturated heterocycles. The van der Waals surface area contributed by atoms with E-state index in [1.54, 1.807) is 0 Å². The Hall–Kier alpha value is -2.34. The molecule has 1 aliphatic heterocycles. The summed E-state index contributed by atoms with van der Waals surface area (Å²) in [6, 6.07) is 11.7. The fourth-order valence-corrected chi connectivity index (χ4v) is 4.24. The first kappa shape index (κ1) is 16.1. The van der Waals surface area contributed by atoms with Gasteiger partial charge in [0.25, 0.3) is 0 Å². The summed E-state index contributed by atoms with van der Waals surface area (Å²) < 4.78 is 27.3. The molecule has 6 heteroatoms. The van der Waals surface area contributed by atoms with Crippen molar-refractivity contribution in [1.82, 2.24) is 4.98 Å². The lowest BCUT2D eigenvalue weighted by molar-refractivity contribution is 0.0900. The molecular weight excluding hydrogens is 342 g/mol. The van der Waals surface area contributed by atoms with Crippen LogP contribution < -0.4 is 4.90 Å². The molecule has 4 rings (SSSR count). The fourth-order valence-electron chi connectivity index (χ4n) is 3.22. The lowest BCUT2D eigenvalue weighted by Crippen LogP contribution is -2.36. The highest BCUT2D eigenvalue weighted by Crippen LogP contribution is 2.33. The van der Waals surface area contributed by atoms with Crippen molar-refractivity contribution in [1.29, 1.82) is 0 Å². The first-order valence-electron chi connectivity index (χ1n) is 8.21. The molecule has 0 amide bonds. The summed E-state index contributed by atoms with van der Waals surface area (Å²) in [5.74, 6) is -1.53. The number of hydrogen-bond acceptors (Lipinski definition) is 4. The molecule has 0 N–H and O–H groups in total. The monoisotopic (exact) mass is 358 g/mol. The highest BCUT2D eigenvalue weighted by atomic mass is 32.1. The first-order chi connectivity index (χ1) is 12.1. The number of nitrogens with zero attached hydrogens (tertiary/aromatic N) is 2. The number of anilines is 1. The highest BCUT2D eigenvalue weighted by Gasteiger charge is 2.27. The standard InChI is InChI=1S/C19H16F2N2OS/c20-14-10-16-17(11-15(14)21)25-19(22-16)23-8-6-13(7-9-23)18(24)12-4-2-1-3-5-12/h1-5,10-11,13H,6-9H2. The molecular formula is C19H16F2N2OS. The Morgan fingerprint density at radius 3 is 2.48 bits per heavy atom. The number of halogens is 2. The molecule has 0 spiro atoms. The molecule has 2 heterocycles. The molecule has 0 bridgehead atoms. The Balaban J connectivity index is 1.48. The van der Waals surface area contributed by atoms with Gasteiger partial charge in [-0.3, -0.25) is 4.79 Å². The van der Waals surface area contributed by atoms with Gasteiger partial charge in [0.15, 0.2) is 22.5 Å². The van der Waals surface area contributed by atoms with Gasteiger partial charge in [-0.2, -0.15) is 0 Å². The Morgan fingerprint density at radius 1 is 1.08 bits per heavy atom.